The normalized spacial score (nSPS) is 21.1. The van der Waals surface area contributed by atoms with Crippen molar-refractivity contribution in [3.63, 3.8) is 0 Å². The Morgan fingerprint density at radius 1 is 1.04 bits per heavy atom. The first-order valence-electron chi connectivity index (χ1n) is 8.93. The van der Waals surface area contributed by atoms with Crippen LogP contribution in [0.5, 0.6) is 0 Å². The number of nitrogens with one attached hydrogen (secondary N) is 1. The maximum Gasteiger partial charge on any atom is 0.264 e. The highest BCUT2D eigenvalue weighted by atomic mass is 16.2. The van der Waals surface area contributed by atoms with Gasteiger partial charge in [0.1, 0.15) is 0 Å². The second kappa shape index (κ2) is 7.11. The molecule has 130 valence electrons. The van der Waals surface area contributed by atoms with Gasteiger partial charge in [-0.15, -0.1) is 0 Å². The third-order valence-corrected chi connectivity index (χ3v) is 5.03. The van der Waals surface area contributed by atoms with E-state index in [2.05, 4.69) is 16.3 Å². The van der Waals surface area contributed by atoms with Gasteiger partial charge in [0, 0.05) is 30.1 Å². The van der Waals surface area contributed by atoms with Crippen LogP contribution in [0.4, 0.5) is 5.69 Å². The number of piperidine rings is 1. The lowest BCUT2D eigenvalue weighted by atomic mass is 9.98. The fourth-order valence-corrected chi connectivity index (χ4v) is 3.59. The summed E-state index contributed by atoms with van der Waals surface area (Å²) in [6.07, 6.45) is 0.990. The summed E-state index contributed by atoms with van der Waals surface area (Å²) in [5.41, 5.74) is 3.54. The molecule has 2 aromatic carbocycles. The van der Waals surface area contributed by atoms with E-state index in [1.54, 1.807) is 0 Å². The molecule has 1 amide bonds. The van der Waals surface area contributed by atoms with Gasteiger partial charge in [0.2, 0.25) is 0 Å². The van der Waals surface area contributed by atoms with Gasteiger partial charge in [-0.05, 0) is 18.9 Å². The molecular weight excluding hydrogens is 324 g/mol. The number of fused-ring (bicyclic) bond motifs is 1. The predicted octanol–water partition coefficient (Wildman–Crippen LogP) is 3.04. The number of hydrogen-bond donors (Lipinski definition) is 1. The third kappa shape index (κ3) is 3.12. The number of nitriles is 1. The van der Waals surface area contributed by atoms with Crippen molar-refractivity contribution in [1.29, 1.82) is 5.26 Å². The molecule has 4 rings (SSSR count). The molecule has 1 N–H and O–H groups in total. The highest BCUT2D eigenvalue weighted by Gasteiger charge is 2.32. The second-order valence-electron chi connectivity index (χ2n) is 6.69. The Labute approximate surface area is 153 Å². The fraction of sp³-hybridized carbons (Fsp3) is 0.286. The van der Waals surface area contributed by atoms with Gasteiger partial charge >= 0.3 is 0 Å². The molecule has 0 aromatic heterocycles. The minimum atomic E-state index is -0.572. The minimum Gasteiger partial charge on any atom is -0.322 e. The molecule has 1 unspecified atom stereocenters. The van der Waals surface area contributed by atoms with Gasteiger partial charge in [-0.1, -0.05) is 48.5 Å². The molecule has 1 fully saturated rings. The molecule has 2 aliphatic heterocycles. The van der Waals surface area contributed by atoms with Crippen LogP contribution >= 0.6 is 0 Å². The molecule has 0 radical (unpaired) electrons. The van der Waals surface area contributed by atoms with Crippen LogP contribution in [0.15, 0.2) is 59.6 Å². The lowest BCUT2D eigenvalue weighted by Crippen LogP contribution is -2.46. The van der Waals surface area contributed by atoms with E-state index in [1.165, 1.54) is 0 Å². The Morgan fingerprint density at radius 3 is 2.46 bits per heavy atom. The number of nitrogens with zero attached hydrogens (tertiary/aromatic N) is 3. The first kappa shape index (κ1) is 16.5. The van der Waals surface area contributed by atoms with E-state index in [0.29, 0.717) is 13.1 Å². The number of carbonyl (C=O) groups is 1. The molecule has 26 heavy (non-hydrogen) atoms. The zero-order chi connectivity index (χ0) is 17.9. The van der Waals surface area contributed by atoms with Crippen LogP contribution < -0.4 is 5.32 Å². The molecule has 0 aliphatic carbocycles. The van der Waals surface area contributed by atoms with Crippen LogP contribution in [0.1, 0.15) is 24.0 Å². The molecule has 1 atom stereocenters. The Balaban J connectivity index is 1.75. The number of carbonyl (C=O) groups excluding carboxylic acids is 1. The zero-order valence-electron chi connectivity index (χ0n) is 14.4. The molecule has 2 aromatic rings. The second-order valence-corrected chi connectivity index (χ2v) is 6.69. The Bertz CT molecular complexity index is 876. The summed E-state index contributed by atoms with van der Waals surface area (Å²) in [6, 6.07) is 20.1. The molecule has 0 saturated carbocycles. The van der Waals surface area contributed by atoms with Crippen LogP contribution in [0, 0.1) is 17.2 Å². The van der Waals surface area contributed by atoms with Crippen LogP contribution in [-0.4, -0.2) is 35.8 Å². The smallest absolute Gasteiger partial charge is 0.264 e. The highest BCUT2D eigenvalue weighted by molar-refractivity contribution is 6.19. The summed E-state index contributed by atoms with van der Waals surface area (Å²) in [4.78, 5) is 19.9. The minimum absolute atomic E-state index is 0.0786. The van der Waals surface area contributed by atoms with E-state index in [1.807, 2.05) is 54.6 Å². The molecule has 5 nitrogen and oxygen atoms in total. The number of benzene rings is 2. The van der Waals surface area contributed by atoms with E-state index in [9.17, 15) is 4.79 Å². The highest BCUT2D eigenvalue weighted by Crippen LogP contribution is 2.27. The average Bonchev–Trinajstić information content (AvgIpc) is 2.85. The van der Waals surface area contributed by atoms with E-state index in [4.69, 9.17) is 10.3 Å². The molecular formula is C21H20N4O. The van der Waals surface area contributed by atoms with Gasteiger partial charge in [-0.2, -0.15) is 5.26 Å². The van der Waals surface area contributed by atoms with Crippen molar-refractivity contribution >= 4 is 17.3 Å². The van der Waals surface area contributed by atoms with Crippen molar-refractivity contribution in [2.75, 3.05) is 18.4 Å². The number of anilines is 1. The Hall–Kier alpha value is -2.97. The van der Waals surface area contributed by atoms with Crippen molar-refractivity contribution in [1.82, 2.24) is 4.90 Å². The average molecular weight is 344 g/mol. The van der Waals surface area contributed by atoms with Crippen LogP contribution in [0.3, 0.4) is 0 Å². The molecule has 0 bridgehead atoms. The summed E-state index contributed by atoms with van der Waals surface area (Å²) >= 11 is 0. The molecule has 5 heteroatoms. The largest absolute Gasteiger partial charge is 0.322 e. The maximum atomic E-state index is 12.9. The van der Waals surface area contributed by atoms with Gasteiger partial charge in [0.25, 0.3) is 5.91 Å². The third-order valence-electron chi connectivity index (χ3n) is 5.03. The predicted molar refractivity (Wildman–Crippen MR) is 101 cm³/mol. The Morgan fingerprint density at radius 2 is 1.73 bits per heavy atom. The van der Waals surface area contributed by atoms with Crippen LogP contribution in [0.2, 0.25) is 0 Å². The van der Waals surface area contributed by atoms with Crippen molar-refractivity contribution in [2.45, 2.75) is 19.0 Å². The molecule has 1 saturated heterocycles. The SMILES string of the molecule is N#CC1CCN(C2N=C(c3ccccc3)c3ccccc3NC2=O)CC1. The Kier molecular flexibility index (Phi) is 4.51. The summed E-state index contributed by atoms with van der Waals surface area (Å²) < 4.78 is 0. The van der Waals surface area contributed by atoms with Gasteiger partial charge in [-0.3, -0.25) is 14.7 Å². The number of aliphatic imine (C=N–C) groups is 1. The summed E-state index contributed by atoms with van der Waals surface area (Å²) in [7, 11) is 0. The number of rotatable bonds is 2. The number of hydrogen-bond acceptors (Lipinski definition) is 4. The quantitative estimate of drug-likeness (QED) is 0.910. The monoisotopic (exact) mass is 344 g/mol. The van der Waals surface area contributed by atoms with Gasteiger partial charge in [0.15, 0.2) is 6.17 Å². The first-order valence-corrected chi connectivity index (χ1v) is 8.93. The van der Waals surface area contributed by atoms with Crippen LogP contribution in [-0.2, 0) is 4.79 Å². The standard InChI is InChI=1S/C21H20N4O/c22-14-15-10-12-25(13-11-15)20-21(26)23-18-9-5-4-8-17(18)19(24-20)16-6-2-1-3-7-16/h1-9,15,20H,10-13H2,(H,23,26). The van der Waals surface area contributed by atoms with E-state index in [0.717, 1.165) is 35.4 Å². The summed E-state index contributed by atoms with van der Waals surface area (Å²) in [6.45, 7) is 1.41. The molecule has 2 heterocycles. The molecule has 0 spiro atoms. The molecule has 2 aliphatic rings. The maximum absolute atomic E-state index is 12.9. The summed E-state index contributed by atoms with van der Waals surface area (Å²) in [5.74, 6) is -0.0337. The number of benzodiazepines with no additional fused rings is 1. The number of amides is 1. The number of para-hydroxylation sites is 1. The van der Waals surface area contributed by atoms with E-state index < -0.39 is 6.17 Å². The lowest BCUT2D eigenvalue weighted by molar-refractivity contribution is -0.121. The van der Waals surface area contributed by atoms with Gasteiger partial charge in [0.05, 0.1) is 17.5 Å². The fourth-order valence-electron chi connectivity index (χ4n) is 3.59. The van der Waals surface area contributed by atoms with Crippen molar-refractivity contribution in [3.8, 4) is 6.07 Å². The van der Waals surface area contributed by atoms with E-state index >= 15 is 0 Å². The van der Waals surface area contributed by atoms with Crippen molar-refractivity contribution in [2.24, 2.45) is 10.9 Å². The first-order chi connectivity index (χ1) is 12.8. The van der Waals surface area contributed by atoms with Crippen LogP contribution in [0.25, 0.3) is 0 Å². The number of likely N-dealkylation sites (tertiary alicyclic amines) is 1. The van der Waals surface area contributed by atoms with Crippen molar-refractivity contribution < 1.29 is 4.79 Å². The van der Waals surface area contributed by atoms with Crippen molar-refractivity contribution in [3.05, 3.63) is 65.7 Å². The summed E-state index contributed by atoms with van der Waals surface area (Å²) in [5, 5.41) is 12.2. The van der Waals surface area contributed by atoms with E-state index in [-0.39, 0.29) is 11.8 Å². The topological polar surface area (TPSA) is 68.5 Å². The zero-order valence-corrected chi connectivity index (χ0v) is 14.4. The van der Waals surface area contributed by atoms with Gasteiger partial charge in [-0.25, -0.2) is 0 Å². The van der Waals surface area contributed by atoms with Gasteiger partial charge < -0.3 is 5.32 Å². The lowest BCUT2D eigenvalue weighted by Gasteiger charge is -2.32.